The van der Waals surface area contributed by atoms with Crippen LogP contribution in [0.25, 0.3) is 0 Å². The fourth-order valence-corrected chi connectivity index (χ4v) is 2.95. The van der Waals surface area contributed by atoms with Crippen molar-refractivity contribution in [2.24, 2.45) is 5.92 Å². The zero-order valence-corrected chi connectivity index (χ0v) is 13.0. The van der Waals surface area contributed by atoms with Gasteiger partial charge in [0.1, 0.15) is 4.11 Å². The Morgan fingerprint density at radius 1 is 1.16 bits per heavy atom. The van der Waals surface area contributed by atoms with Crippen LogP contribution >= 0.6 is 22.6 Å². The summed E-state index contributed by atoms with van der Waals surface area (Å²) in [6.07, 6.45) is 0.593. The monoisotopic (exact) mass is 373 g/mol. The van der Waals surface area contributed by atoms with Gasteiger partial charge in [0.05, 0.1) is 17.2 Å². The predicted molar refractivity (Wildman–Crippen MR) is 80.2 cm³/mol. The SMILES string of the molecule is CC(C)CC(C(O)I)N1C(=O)c2ccccc2C1=O. The minimum atomic E-state index is -0.762. The smallest absolute Gasteiger partial charge is 0.261 e. The van der Waals surface area contributed by atoms with Crippen LogP contribution in [0.5, 0.6) is 0 Å². The number of carbonyl (C=O) groups excluding carboxylic acids is 2. The number of nitrogens with zero attached hydrogens (tertiary/aromatic N) is 1. The molecule has 1 heterocycles. The van der Waals surface area contributed by atoms with E-state index < -0.39 is 10.2 Å². The van der Waals surface area contributed by atoms with E-state index in [-0.39, 0.29) is 11.8 Å². The van der Waals surface area contributed by atoms with Crippen molar-refractivity contribution in [3.05, 3.63) is 35.4 Å². The highest BCUT2D eigenvalue weighted by atomic mass is 127. The van der Waals surface area contributed by atoms with Crippen LogP contribution in [0.3, 0.4) is 0 Å². The van der Waals surface area contributed by atoms with E-state index in [9.17, 15) is 14.7 Å². The first-order chi connectivity index (χ1) is 8.93. The summed E-state index contributed by atoms with van der Waals surface area (Å²) in [4.78, 5) is 25.9. The highest BCUT2D eigenvalue weighted by molar-refractivity contribution is 14.1. The van der Waals surface area contributed by atoms with Crippen LogP contribution in [0.1, 0.15) is 41.0 Å². The fourth-order valence-electron chi connectivity index (χ4n) is 2.33. The molecule has 2 unspecified atom stereocenters. The molecule has 0 fully saturated rings. The second kappa shape index (κ2) is 5.58. The number of rotatable bonds is 4. The number of imide groups is 1. The first kappa shape index (κ1) is 14.5. The van der Waals surface area contributed by atoms with Crippen molar-refractivity contribution in [1.29, 1.82) is 0 Å². The number of hydrogen-bond donors (Lipinski definition) is 1. The number of halogens is 1. The molecule has 0 spiro atoms. The van der Waals surface area contributed by atoms with Crippen LogP contribution in [0.2, 0.25) is 0 Å². The van der Waals surface area contributed by atoms with E-state index in [1.807, 2.05) is 36.4 Å². The summed E-state index contributed by atoms with van der Waals surface area (Å²) in [6.45, 7) is 4.01. The van der Waals surface area contributed by atoms with Crippen molar-refractivity contribution in [1.82, 2.24) is 4.90 Å². The Labute approximate surface area is 125 Å². The molecule has 1 N–H and O–H groups in total. The third kappa shape index (κ3) is 2.67. The minimum Gasteiger partial charge on any atom is -0.381 e. The number of hydrogen-bond acceptors (Lipinski definition) is 3. The van der Waals surface area contributed by atoms with Crippen molar-refractivity contribution in [2.45, 2.75) is 30.4 Å². The Bertz CT molecular complexity index is 478. The number of fused-ring (bicyclic) bond motifs is 1. The highest BCUT2D eigenvalue weighted by Crippen LogP contribution is 2.29. The molecular formula is C14H16INO3. The largest absolute Gasteiger partial charge is 0.381 e. The predicted octanol–water partition coefficient (Wildman–Crippen LogP) is 2.45. The molecule has 2 rings (SSSR count). The van der Waals surface area contributed by atoms with Crippen molar-refractivity contribution in [3.8, 4) is 0 Å². The van der Waals surface area contributed by atoms with Crippen LogP contribution in [0, 0.1) is 5.92 Å². The molecule has 1 aromatic carbocycles. The van der Waals surface area contributed by atoms with Gasteiger partial charge >= 0.3 is 0 Å². The summed E-state index contributed by atoms with van der Waals surface area (Å²) in [6, 6.07) is 6.31. The summed E-state index contributed by atoms with van der Waals surface area (Å²) < 4.78 is -0.762. The van der Waals surface area contributed by atoms with Crippen LogP contribution in [0.15, 0.2) is 24.3 Å². The topological polar surface area (TPSA) is 57.6 Å². The number of alkyl halides is 1. The van der Waals surface area contributed by atoms with E-state index in [0.29, 0.717) is 23.5 Å². The quantitative estimate of drug-likeness (QED) is 0.501. The van der Waals surface area contributed by atoms with Gasteiger partial charge in [-0.3, -0.25) is 14.5 Å². The van der Waals surface area contributed by atoms with Crippen molar-refractivity contribution in [2.75, 3.05) is 0 Å². The lowest BCUT2D eigenvalue weighted by Gasteiger charge is -2.29. The first-order valence-electron chi connectivity index (χ1n) is 6.22. The molecule has 2 amide bonds. The summed E-state index contributed by atoms with van der Waals surface area (Å²) in [7, 11) is 0. The van der Waals surface area contributed by atoms with Crippen LogP contribution in [-0.4, -0.2) is 32.0 Å². The maximum atomic E-state index is 12.3. The Kier molecular flexibility index (Phi) is 4.25. The van der Waals surface area contributed by atoms with Crippen LogP contribution in [0.4, 0.5) is 0 Å². The molecular weight excluding hydrogens is 357 g/mol. The number of amides is 2. The zero-order chi connectivity index (χ0) is 14.2. The molecule has 1 aromatic rings. The average molecular weight is 373 g/mol. The molecule has 0 bridgehead atoms. The first-order valence-corrected chi connectivity index (χ1v) is 7.47. The molecule has 5 heteroatoms. The fraction of sp³-hybridized carbons (Fsp3) is 0.429. The number of aliphatic hydroxyl groups is 1. The molecule has 4 nitrogen and oxygen atoms in total. The summed E-state index contributed by atoms with van der Waals surface area (Å²) in [5.74, 6) is -0.317. The van der Waals surface area contributed by atoms with Crippen LogP contribution in [-0.2, 0) is 0 Å². The molecule has 0 radical (unpaired) electrons. The van der Waals surface area contributed by atoms with Gasteiger partial charge in [-0.1, -0.05) is 26.0 Å². The van der Waals surface area contributed by atoms with E-state index in [4.69, 9.17) is 0 Å². The Balaban J connectivity index is 2.36. The van der Waals surface area contributed by atoms with Crippen molar-refractivity contribution >= 4 is 34.4 Å². The highest BCUT2D eigenvalue weighted by Gasteiger charge is 2.41. The van der Waals surface area contributed by atoms with Gasteiger partial charge in [-0.15, -0.1) is 0 Å². The molecule has 0 saturated heterocycles. The Hall–Kier alpha value is -0.950. The molecule has 0 aliphatic carbocycles. The molecule has 2 atom stereocenters. The summed E-state index contributed by atoms with van der Waals surface area (Å²) >= 11 is 1.86. The van der Waals surface area contributed by atoms with Gasteiger partial charge in [0.15, 0.2) is 0 Å². The number of benzene rings is 1. The lowest BCUT2D eigenvalue weighted by molar-refractivity contribution is 0.0469. The van der Waals surface area contributed by atoms with Gasteiger partial charge in [-0.25, -0.2) is 0 Å². The van der Waals surface area contributed by atoms with Crippen molar-refractivity contribution < 1.29 is 14.7 Å². The third-order valence-corrected chi connectivity index (χ3v) is 4.02. The minimum absolute atomic E-state index is 0.290. The van der Waals surface area contributed by atoms with E-state index in [1.165, 1.54) is 4.90 Å². The molecule has 0 saturated carbocycles. The van der Waals surface area contributed by atoms with E-state index >= 15 is 0 Å². The van der Waals surface area contributed by atoms with Gasteiger partial charge in [0, 0.05) is 0 Å². The van der Waals surface area contributed by atoms with E-state index in [1.54, 1.807) is 24.3 Å². The Morgan fingerprint density at radius 2 is 1.63 bits per heavy atom. The maximum absolute atomic E-state index is 12.3. The van der Waals surface area contributed by atoms with Gasteiger partial charge < -0.3 is 5.11 Å². The second-order valence-corrected chi connectivity index (χ2v) is 6.37. The normalized spacial score (nSPS) is 17.8. The third-order valence-electron chi connectivity index (χ3n) is 3.19. The van der Waals surface area contributed by atoms with Gasteiger partial charge in [0.2, 0.25) is 0 Å². The zero-order valence-electron chi connectivity index (χ0n) is 10.8. The van der Waals surface area contributed by atoms with E-state index in [0.717, 1.165) is 0 Å². The molecule has 102 valence electrons. The summed E-state index contributed by atoms with van der Waals surface area (Å²) in [5, 5.41) is 9.88. The average Bonchev–Trinajstić information content (AvgIpc) is 2.60. The maximum Gasteiger partial charge on any atom is 0.261 e. The van der Waals surface area contributed by atoms with Gasteiger partial charge in [-0.05, 0) is 47.1 Å². The Morgan fingerprint density at radius 3 is 2.00 bits per heavy atom. The van der Waals surface area contributed by atoms with E-state index in [2.05, 4.69) is 0 Å². The lowest BCUT2D eigenvalue weighted by atomic mass is 10.0. The second-order valence-electron chi connectivity index (χ2n) is 5.10. The lowest BCUT2D eigenvalue weighted by Crippen LogP contribution is -2.45. The number of aliphatic hydroxyl groups excluding tert-OH is 1. The molecule has 0 aromatic heterocycles. The molecule has 19 heavy (non-hydrogen) atoms. The van der Waals surface area contributed by atoms with Crippen molar-refractivity contribution in [3.63, 3.8) is 0 Å². The molecule has 1 aliphatic rings. The number of carbonyl (C=O) groups is 2. The summed E-state index contributed by atoms with van der Waals surface area (Å²) in [5.41, 5.74) is 0.858. The standard InChI is InChI=1S/C14H16INO3/c1-8(2)7-11(12(15)17)16-13(18)9-5-3-4-6-10(9)14(16)19/h3-6,8,11-12,17H,7H2,1-2H3. The van der Waals surface area contributed by atoms with Gasteiger partial charge in [-0.2, -0.15) is 0 Å². The van der Waals surface area contributed by atoms with Crippen LogP contribution < -0.4 is 0 Å². The van der Waals surface area contributed by atoms with Gasteiger partial charge in [0.25, 0.3) is 11.8 Å². The molecule has 1 aliphatic heterocycles.